The summed E-state index contributed by atoms with van der Waals surface area (Å²) < 4.78 is 54.5. The second-order valence-electron chi connectivity index (χ2n) is 5.84. The Morgan fingerprint density at radius 1 is 1.00 bits per heavy atom. The van der Waals surface area contributed by atoms with Gasteiger partial charge in [0, 0.05) is 30.4 Å². The molecule has 1 aromatic heterocycles. The summed E-state index contributed by atoms with van der Waals surface area (Å²) in [7, 11) is -4.16. The maximum Gasteiger partial charge on any atom is 0.261 e. The van der Waals surface area contributed by atoms with Crippen molar-refractivity contribution in [2.75, 3.05) is 4.72 Å². The molecule has 144 valence electrons. The maximum absolute atomic E-state index is 13.9. The van der Waals surface area contributed by atoms with Gasteiger partial charge in [0.05, 0.1) is 16.1 Å². The Balaban J connectivity index is 1.86. The van der Waals surface area contributed by atoms with Crippen LogP contribution in [0.25, 0.3) is 11.1 Å². The molecule has 3 rings (SSSR count). The monoisotopic (exact) mass is 403 g/mol. The zero-order valence-corrected chi connectivity index (χ0v) is 15.5. The fourth-order valence-corrected chi connectivity index (χ4v) is 3.51. The van der Waals surface area contributed by atoms with Crippen LogP contribution < -0.4 is 4.72 Å². The number of nitrogens with zero attached hydrogens (tertiary/aromatic N) is 2. The second kappa shape index (κ2) is 7.81. The van der Waals surface area contributed by atoms with Gasteiger partial charge in [-0.3, -0.25) is 9.52 Å². The van der Waals surface area contributed by atoms with Gasteiger partial charge in [0.2, 0.25) is 0 Å². The van der Waals surface area contributed by atoms with Crippen LogP contribution in [0.2, 0.25) is 0 Å². The molecule has 3 aromatic rings. The smallest absolute Gasteiger partial charge is 0.261 e. The number of aromatic nitrogens is 2. The number of hydrogen-bond acceptors (Lipinski definition) is 5. The summed E-state index contributed by atoms with van der Waals surface area (Å²) in [6.45, 7) is 1.93. The molecule has 0 aliphatic rings. The fourth-order valence-electron chi connectivity index (χ4n) is 2.45. The Morgan fingerprint density at radius 3 is 2.21 bits per heavy atom. The highest BCUT2D eigenvalue weighted by Crippen LogP contribution is 2.24. The number of aryl methyl sites for hydroxylation is 1. The van der Waals surface area contributed by atoms with Crippen LogP contribution >= 0.6 is 0 Å². The molecule has 0 atom stereocenters. The normalized spacial score (nSPS) is 11.2. The van der Waals surface area contributed by atoms with E-state index in [0.29, 0.717) is 35.5 Å². The van der Waals surface area contributed by atoms with E-state index in [1.165, 1.54) is 12.1 Å². The van der Waals surface area contributed by atoms with E-state index < -0.39 is 32.9 Å². The van der Waals surface area contributed by atoms with E-state index in [1.54, 1.807) is 24.5 Å². The number of aldehydes is 1. The summed E-state index contributed by atoms with van der Waals surface area (Å²) in [5, 5.41) is 0. The van der Waals surface area contributed by atoms with Gasteiger partial charge in [-0.2, -0.15) is 0 Å². The molecule has 0 bridgehead atoms. The maximum atomic E-state index is 13.9. The van der Waals surface area contributed by atoms with E-state index >= 15 is 0 Å². The average Bonchev–Trinajstić information content (AvgIpc) is 2.70. The Bertz CT molecular complexity index is 1120. The number of carbonyl (C=O) groups is 1. The second-order valence-corrected chi connectivity index (χ2v) is 7.53. The number of anilines is 1. The van der Waals surface area contributed by atoms with Crippen molar-refractivity contribution >= 4 is 22.0 Å². The van der Waals surface area contributed by atoms with Gasteiger partial charge in [0.25, 0.3) is 10.0 Å². The van der Waals surface area contributed by atoms with Crippen molar-refractivity contribution in [1.82, 2.24) is 9.97 Å². The molecule has 0 spiro atoms. The van der Waals surface area contributed by atoms with Crippen LogP contribution in [0.3, 0.4) is 0 Å². The van der Waals surface area contributed by atoms with Crippen molar-refractivity contribution in [1.29, 1.82) is 0 Å². The van der Waals surface area contributed by atoms with E-state index in [-0.39, 0.29) is 11.2 Å². The molecule has 0 amide bonds. The van der Waals surface area contributed by atoms with Crippen LogP contribution in [-0.4, -0.2) is 24.7 Å². The summed E-state index contributed by atoms with van der Waals surface area (Å²) in [4.78, 5) is 18.9. The number of benzene rings is 2. The molecule has 0 unspecified atom stereocenters. The van der Waals surface area contributed by atoms with Crippen LogP contribution in [-0.2, 0) is 16.4 Å². The third-order valence-electron chi connectivity index (χ3n) is 3.98. The summed E-state index contributed by atoms with van der Waals surface area (Å²) in [6.07, 6.45) is 4.13. The molecule has 2 aromatic carbocycles. The van der Waals surface area contributed by atoms with E-state index in [0.717, 1.165) is 0 Å². The van der Waals surface area contributed by atoms with E-state index in [1.807, 2.05) is 11.6 Å². The van der Waals surface area contributed by atoms with Crippen molar-refractivity contribution in [3.8, 4) is 11.1 Å². The molecule has 6 nitrogen and oxygen atoms in total. The Kier molecular flexibility index (Phi) is 5.46. The SMILES string of the molecule is CCc1ncc(-c2ccc(S(=O)(=O)Nc3cc(F)c(C=O)cc3F)cc2)cn1. The quantitative estimate of drug-likeness (QED) is 0.636. The van der Waals surface area contributed by atoms with Gasteiger partial charge in [0.15, 0.2) is 6.29 Å². The zero-order chi connectivity index (χ0) is 20.3. The summed E-state index contributed by atoms with van der Waals surface area (Å²) >= 11 is 0. The molecule has 0 aliphatic heterocycles. The first-order valence-corrected chi connectivity index (χ1v) is 9.70. The molecule has 0 saturated heterocycles. The summed E-state index contributed by atoms with van der Waals surface area (Å²) in [6, 6.07) is 7.04. The molecule has 1 heterocycles. The number of halogens is 2. The van der Waals surface area contributed by atoms with Crippen LogP contribution in [0, 0.1) is 11.6 Å². The van der Waals surface area contributed by atoms with Gasteiger partial charge in [-0.05, 0) is 23.8 Å². The van der Waals surface area contributed by atoms with Crippen LogP contribution in [0.4, 0.5) is 14.5 Å². The van der Waals surface area contributed by atoms with E-state index in [2.05, 4.69) is 9.97 Å². The van der Waals surface area contributed by atoms with Gasteiger partial charge in [-0.1, -0.05) is 19.1 Å². The molecule has 0 saturated carbocycles. The molecular formula is C19H15F2N3O3S. The highest BCUT2D eigenvalue weighted by atomic mass is 32.2. The first-order valence-electron chi connectivity index (χ1n) is 8.22. The third-order valence-corrected chi connectivity index (χ3v) is 5.36. The van der Waals surface area contributed by atoms with Gasteiger partial charge in [0.1, 0.15) is 17.5 Å². The lowest BCUT2D eigenvalue weighted by atomic mass is 10.1. The molecule has 9 heteroatoms. The molecule has 28 heavy (non-hydrogen) atoms. The minimum atomic E-state index is -4.16. The average molecular weight is 403 g/mol. The molecule has 0 radical (unpaired) electrons. The van der Waals surface area contributed by atoms with Crippen molar-refractivity contribution in [2.45, 2.75) is 18.2 Å². The lowest BCUT2D eigenvalue weighted by Gasteiger charge is -2.10. The van der Waals surface area contributed by atoms with E-state index in [4.69, 9.17) is 0 Å². The number of hydrogen-bond donors (Lipinski definition) is 1. The molecule has 1 N–H and O–H groups in total. The van der Waals surface area contributed by atoms with Gasteiger partial charge < -0.3 is 0 Å². The number of nitrogens with one attached hydrogen (secondary N) is 1. The molecule has 0 aliphatic carbocycles. The predicted molar refractivity (Wildman–Crippen MR) is 99.4 cm³/mol. The molecule has 0 fully saturated rings. The Hall–Kier alpha value is -3.20. The fraction of sp³-hybridized carbons (Fsp3) is 0.105. The highest BCUT2D eigenvalue weighted by molar-refractivity contribution is 7.92. The predicted octanol–water partition coefficient (Wildman–Crippen LogP) is 3.60. The Morgan fingerprint density at radius 2 is 1.64 bits per heavy atom. The lowest BCUT2D eigenvalue weighted by Crippen LogP contribution is -2.14. The summed E-state index contributed by atoms with van der Waals surface area (Å²) in [5.74, 6) is -1.39. The first-order chi connectivity index (χ1) is 13.3. The first kappa shape index (κ1) is 19.6. The van der Waals surface area contributed by atoms with Gasteiger partial charge in [-0.15, -0.1) is 0 Å². The Labute approximate surface area is 160 Å². The largest absolute Gasteiger partial charge is 0.298 e. The highest BCUT2D eigenvalue weighted by Gasteiger charge is 2.18. The lowest BCUT2D eigenvalue weighted by molar-refractivity contribution is 0.111. The van der Waals surface area contributed by atoms with Crippen LogP contribution in [0.1, 0.15) is 23.1 Å². The number of carbonyl (C=O) groups excluding carboxylic acids is 1. The minimum absolute atomic E-state index is 0.137. The standard InChI is InChI=1S/C19H15F2N3O3S/c1-2-19-22-9-14(10-23-19)12-3-5-15(6-4-12)28(26,27)24-18-8-16(20)13(11-25)7-17(18)21/h3-11,24H,2H2,1H3. The van der Waals surface area contributed by atoms with Crippen molar-refractivity contribution in [3.63, 3.8) is 0 Å². The minimum Gasteiger partial charge on any atom is -0.298 e. The number of sulfonamides is 1. The van der Waals surface area contributed by atoms with Crippen LogP contribution in [0.15, 0.2) is 53.7 Å². The van der Waals surface area contributed by atoms with Crippen molar-refractivity contribution in [2.24, 2.45) is 0 Å². The number of rotatable bonds is 6. The van der Waals surface area contributed by atoms with Crippen molar-refractivity contribution in [3.05, 3.63) is 71.8 Å². The third kappa shape index (κ3) is 4.04. The van der Waals surface area contributed by atoms with Crippen molar-refractivity contribution < 1.29 is 22.0 Å². The molecular weight excluding hydrogens is 388 g/mol. The van der Waals surface area contributed by atoms with Gasteiger partial charge in [-0.25, -0.2) is 27.2 Å². The van der Waals surface area contributed by atoms with E-state index in [9.17, 15) is 22.0 Å². The topological polar surface area (TPSA) is 89.0 Å². The summed E-state index contributed by atoms with van der Waals surface area (Å²) in [5.41, 5.74) is 0.331. The van der Waals surface area contributed by atoms with Gasteiger partial charge >= 0.3 is 0 Å². The van der Waals surface area contributed by atoms with Crippen LogP contribution in [0.5, 0.6) is 0 Å². The zero-order valence-electron chi connectivity index (χ0n) is 14.7.